The van der Waals surface area contributed by atoms with Crippen molar-refractivity contribution in [3.05, 3.63) is 60.2 Å². The normalized spacial score (nSPS) is 11.1. The van der Waals surface area contributed by atoms with Crippen LogP contribution in [0.2, 0.25) is 0 Å². The molecule has 2 nitrogen and oxygen atoms in total. The molecule has 1 aromatic heterocycles. The van der Waals surface area contributed by atoms with Gasteiger partial charge in [-0.2, -0.15) is 0 Å². The molecule has 0 saturated heterocycles. The summed E-state index contributed by atoms with van der Waals surface area (Å²) in [5.74, 6) is 0. The smallest absolute Gasteiger partial charge is 0.123 e. The fourth-order valence-corrected chi connectivity index (χ4v) is 2.44. The predicted octanol–water partition coefficient (Wildman–Crippen LogP) is 4.22. The van der Waals surface area contributed by atoms with Crippen LogP contribution in [0.25, 0.3) is 22.2 Å². The van der Waals surface area contributed by atoms with Crippen molar-refractivity contribution in [2.75, 3.05) is 7.11 Å². The van der Waals surface area contributed by atoms with Crippen LogP contribution in [0.3, 0.4) is 0 Å². The van der Waals surface area contributed by atoms with E-state index in [0.29, 0.717) is 6.73 Å². The molecule has 0 aliphatic carbocycles. The summed E-state index contributed by atoms with van der Waals surface area (Å²) in [5.41, 5.74) is 4.90. The maximum atomic E-state index is 5.34. The molecule has 0 amide bonds. The van der Waals surface area contributed by atoms with E-state index in [1.165, 1.54) is 27.7 Å². The van der Waals surface area contributed by atoms with Crippen LogP contribution >= 0.6 is 0 Å². The molecule has 0 atom stereocenters. The monoisotopic (exact) mass is 251 g/mol. The van der Waals surface area contributed by atoms with E-state index in [9.17, 15) is 0 Å². The first-order valence-electron chi connectivity index (χ1n) is 6.44. The van der Waals surface area contributed by atoms with Gasteiger partial charge in [0.2, 0.25) is 0 Å². The average molecular weight is 251 g/mol. The standard InChI is InChI=1S/C17H17NO/c1-13-7-9-14(10-8-13)17-11-15-5-3-4-6-16(15)18(17)12-19-2/h3-11H,12H2,1-2H3. The Kier molecular flexibility index (Phi) is 3.10. The van der Waals surface area contributed by atoms with E-state index in [1.54, 1.807) is 7.11 Å². The molecule has 1 heterocycles. The molecule has 3 aromatic rings. The van der Waals surface area contributed by atoms with E-state index in [-0.39, 0.29) is 0 Å². The van der Waals surface area contributed by atoms with Gasteiger partial charge in [0.25, 0.3) is 0 Å². The van der Waals surface area contributed by atoms with Crippen LogP contribution in [-0.2, 0) is 11.5 Å². The average Bonchev–Trinajstić information content (AvgIpc) is 2.79. The van der Waals surface area contributed by atoms with Crippen LogP contribution in [0.5, 0.6) is 0 Å². The molecule has 0 spiro atoms. The number of hydrogen-bond acceptors (Lipinski definition) is 1. The molecule has 0 unspecified atom stereocenters. The number of hydrogen-bond donors (Lipinski definition) is 0. The zero-order valence-corrected chi connectivity index (χ0v) is 11.3. The predicted molar refractivity (Wildman–Crippen MR) is 79.1 cm³/mol. The molecule has 0 fully saturated rings. The zero-order valence-electron chi connectivity index (χ0n) is 11.3. The molecule has 0 aliphatic heterocycles. The highest BCUT2D eigenvalue weighted by molar-refractivity contribution is 5.87. The molecule has 2 aromatic carbocycles. The highest BCUT2D eigenvalue weighted by Crippen LogP contribution is 2.28. The van der Waals surface area contributed by atoms with Gasteiger partial charge in [0.15, 0.2) is 0 Å². The van der Waals surface area contributed by atoms with Gasteiger partial charge < -0.3 is 9.30 Å². The second kappa shape index (κ2) is 4.90. The summed E-state index contributed by atoms with van der Waals surface area (Å²) >= 11 is 0. The maximum absolute atomic E-state index is 5.34. The molecule has 96 valence electrons. The first-order chi connectivity index (χ1) is 9.29. The van der Waals surface area contributed by atoms with E-state index in [2.05, 4.69) is 66.1 Å². The molecule has 0 bridgehead atoms. The van der Waals surface area contributed by atoms with Crippen LogP contribution in [0.1, 0.15) is 5.56 Å². The first-order valence-corrected chi connectivity index (χ1v) is 6.44. The van der Waals surface area contributed by atoms with Gasteiger partial charge in [0.05, 0.1) is 11.2 Å². The number of nitrogens with zero attached hydrogens (tertiary/aromatic N) is 1. The lowest BCUT2D eigenvalue weighted by atomic mass is 10.1. The van der Waals surface area contributed by atoms with Crippen LogP contribution in [0.4, 0.5) is 0 Å². The molecule has 0 saturated carbocycles. The summed E-state index contributed by atoms with van der Waals surface area (Å²) in [6.45, 7) is 2.67. The first kappa shape index (κ1) is 12.0. The fourth-order valence-electron chi connectivity index (χ4n) is 2.44. The second-order valence-corrected chi connectivity index (χ2v) is 4.80. The molecule has 3 rings (SSSR count). The number of aromatic nitrogens is 1. The van der Waals surface area contributed by atoms with E-state index in [1.807, 2.05) is 0 Å². The van der Waals surface area contributed by atoms with Crippen molar-refractivity contribution in [1.82, 2.24) is 4.57 Å². The minimum Gasteiger partial charge on any atom is -0.364 e. The molecule has 0 N–H and O–H groups in total. The maximum Gasteiger partial charge on any atom is 0.123 e. The van der Waals surface area contributed by atoms with Crippen molar-refractivity contribution < 1.29 is 4.74 Å². The van der Waals surface area contributed by atoms with Gasteiger partial charge >= 0.3 is 0 Å². The highest BCUT2D eigenvalue weighted by Gasteiger charge is 2.09. The van der Waals surface area contributed by atoms with Gasteiger partial charge in [-0.25, -0.2) is 0 Å². The fraction of sp³-hybridized carbons (Fsp3) is 0.176. The summed E-state index contributed by atoms with van der Waals surface area (Å²) in [5, 5.41) is 1.25. The lowest BCUT2D eigenvalue weighted by molar-refractivity contribution is 0.136. The van der Waals surface area contributed by atoms with Crippen molar-refractivity contribution in [3.8, 4) is 11.3 Å². The van der Waals surface area contributed by atoms with Crippen molar-refractivity contribution in [2.24, 2.45) is 0 Å². The molecular weight excluding hydrogens is 234 g/mol. The van der Waals surface area contributed by atoms with Crippen molar-refractivity contribution in [1.29, 1.82) is 0 Å². The van der Waals surface area contributed by atoms with Crippen molar-refractivity contribution in [2.45, 2.75) is 13.7 Å². The number of aryl methyl sites for hydroxylation is 1. The third kappa shape index (κ3) is 2.15. The number of para-hydroxylation sites is 1. The Morgan fingerprint density at radius 2 is 1.74 bits per heavy atom. The lowest BCUT2D eigenvalue weighted by Crippen LogP contribution is -2.01. The Morgan fingerprint density at radius 1 is 1.00 bits per heavy atom. The molecule has 2 heteroatoms. The Morgan fingerprint density at radius 3 is 2.47 bits per heavy atom. The van der Waals surface area contributed by atoms with Gasteiger partial charge in [0, 0.05) is 12.5 Å². The number of rotatable bonds is 3. The molecule has 19 heavy (non-hydrogen) atoms. The van der Waals surface area contributed by atoms with Crippen LogP contribution in [0.15, 0.2) is 54.6 Å². The molecule has 0 radical (unpaired) electrons. The van der Waals surface area contributed by atoms with Gasteiger partial charge in [-0.1, -0.05) is 48.0 Å². The summed E-state index contributed by atoms with van der Waals surface area (Å²) in [6, 6.07) is 19.2. The lowest BCUT2D eigenvalue weighted by Gasteiger charge is -2.09. The third-order valence-corrected chi connectivity index (χ3v) is 3.42. The van der Waals surface area contributed by atoms with E-state index >= 15 is 0 Å². The quantitative estimate of drug-likeness (QED) is 0.679. The van der Waals surface area contributed by atoms with Gasteiger partial charge in [-0.15, -0.1) is 0 Å². The topological polar surface area (TPSA) is 14.2 Å². The largest absolute Gasteiger partial charge is 0.364 e. The Bertz CT molecular complexity index is 695. The summed E-state index contributed by atoms with van der Waals surface area (Å²) in [7, 11) is 1.73. The van der Waals surface area contributed by atoms with Crippen LogP contribution in [-0.4, -0.2) is 11.7 Å². The Hall–Kier alpha value is -2.06. The molecular formula is C17H17NO. The molecule has 0 aliphatic rings. The van der Waals surface area contributed by atoms with Gasteiger partial charge in [-0.05, 0) is 24.6 Å². The summed E-state index contributed by atoms with van der Waals surface area (Å²) < 4.78 is 7.55. The SMILES string of the molecule is COCn1c(-c2ccc(C)cc2)cc2ccccc21. The van der Waals surface area contributed by atoms with E-state index < -0.39 is 0 Å². The van der Waals surface area contributed by atoms with Gasteiger partial charge in [-0.3, -0.25) is 0 Å². The number of methoxy groups -OCH3 is 1. The summed E-state index contributed by atoms with van der Waals surface area (Å²) in [4.78, 5) is 0. The van der Waals surface area contributed by atoms with Crippen molar-refractivity contribution >= 4 is 10.9 Å². The number of benzene rings is 2. The minimum atomic E-state index is 0.566. The zero-order chi connectivity index (χ0) is 13.2. The minimum absolute atomic E-state index is 0.566. The highest BCUT2D eigenvalue weighted by atomic mass is 16.5. The second-order valence-electron chi connectivity index (χ2n) is 4.80. The van der Waals surface area contributed by atoms with Crippen molar-refractivity contribution in [3.63, 3.8) is 0 Å². The summed E-state index contributed by atoms with van der Waals surface area (Å²) in [6.07, 6.45) is 0. The third-order valence-electron chi connectivity index (χ3n) is 3.42. The number of fused-ring (bicyclic) bond motifs is 1. The Balaban J connectivity index is 2.21. The van der Waals surface area contributed by atoms with Crippen LogP contribution in [0, 0.1) is 6.92 Å². The van der Waals surface area contributed by atoms with E-state index in [4.69, 9.17) is 4.74 Å². The Labute approximate surface area is 113 Å². The van der Waals surface area contributed by atoms with Crippen LogP contribution < -0.4 is 0 Å². The van der Waals surface area contributed by atoms with Gasteiger partial charge in [0.1, 0.15) is 6.73 Å². The van der Waals surface area contributed by atoms with E-state index in [0.717, 1.165) is 0 Å². The number of ether oxygens (including phenoxy) is 1.